The van der Waals surface area contributed by atoms with Gasteiger partial charge in [0.15, 0.2) is 11.5 Å². The fourth-order valence-corrected chi connectivity index (χ4v) is 3.68. The van der Waals surface area contributed by atoms with Crippen LogP contribution in [-0.2, 0) is 25.4 Å². The Bertz CT molecular complexity index is 677. The summed E-state index contributed by atoms with van der Waals surface area (Å²) in [6, 6.07) is 5.83. The van der Waals surface area contributed by atoms with Crippen molar-refractivity contribution in [1.82, 2.24) is 4.90 Å². The molecule has 0 amide bonds. The first kappa shape index (κ1) is 21.8. The molecular formula is C21H31NO7. The van der Waals surface area contributed by atoms with E-state index >= 15 is 0 Å². The van der Waals surface area contributed by atoms with Gasteiger partial charge in [-0.3, -0.25) is 14.4 Å². The van der Waals surface area contributed by atoms with Crippen molar-refractivity contribution in [3.63, 3.8) is 0 Å². The Balaban J connectivity index is 1.50. The fourth-order valence-electron chi connectivity index (χ4n) is 3.68. The summed E-state index contributed by atoms with van der Waals surface area (Å²) >= 11 is 0. The van der Waals surface area contributed by atoms with Gasteiger partial charge in [0.05, 0.1) is 5.92 Å². The normalized spacial score (nSPS) is 19.8. The number of hydrogen-bond acceptors (Lipinski definition) is 8. The summed E-state index contributed by atoms with van der Waals surface area (Å²) in [6.45, 7) is 7.54. The third-order valence-electron chi connectivity index (χ3n) is 5.33. The van der Waals surface area contributed by atoms with E-state index in [1.807, 2.05) is 36.9 Å². The third-order valence-corrected chi connectivity index (χ3v) is 5.33. The van der Waals surface area contributed by atoms with Gasteiger partial charge >= 0.3 is 5.97 Å². The largest absolute Gasteiger partial charge is 0.454 e. The number of nitrogens with zero attached hydrogens (tertiary/aromatic N) is 1. The smallest absolute Gasteiger partial charge is 0.311 e. The van der Waals surface area contributed by atoms with Crippen molar-refractivity contribution in [2.75, 3.05) is 26.6 Å². The van der Waals surface area contributed by atoms with Gasteiger partial charge in [-0.2, -0.15) is 0 Å². The molecule has 1 aromatic rings. The lowest BCUT2D eigenvalue weighted by molar-refractivity contribution is -0.273. The van der Waals surface area contributed by atoms with Gasteiger partial charge in [-0.15, -0.1) is 0 Å². The van der Waals surface area contributed by atoms with Gasteiger partial charge < -0.3 is 24.1 Å². The number of aliphatic hydroxyl groups is 1. The second kappa shape index (κ2) is 10.2. The van der Waals surface area contributed by atoms with E-state index in [2.05, 4.69) is 0 Å². The average molecular weight is 409 g/mol. The van der Waals surface area contributed by atoms with Crippen molar-refractivity contribution in [2.45, 2.75) is 58.8 Å². The van der Waals surface area contributed by atoms with Gasteiger partial charge in [-0.1, -0.05) is 13.0 Å². The number of esters is 1. The zero-order valence-electron chi connectivity index (χ0n) is 17.3. The van der Waals surface area contributed by atoms with E-state index in [1.165, 1.54) is 0 Å². The number of ether oxygens (including phenoxy) is 5. The van der Waals surface area contributed by atoms with Crippen LogP contribution in [0.4, 0.5) is 0 Å². The Labute approximate surface area is 171 Å². The average Bonchev–Trinajstić information content (AvgIpc) is 3.16. The molecule has 0 radical (unpaired) electrons. The van der Waals surface area contributed by atoms with E-state index in [9.17, 15) is 9.90 Å². The first-order valence-electron chi connectivity index (χ1n) is 10.2. The summed E-state index contributed by atoms with van der Waals surface area (Å²) in [7, 11) is 0. The monoisotopic (exact) mass is 409 g/mol. The van der Waals surface area contributed by atoms with Crippen LogP contribution in [0.3, 0.4) is 0 Å². The third kappa shape index (κ3) is 5.82. The molecule has 1 fully saturated rings. The summed E-state index contributed by atoms with van der Waals surface area (Å²) in [5.41, 5.74) is 1.08. The van der Waals surface area contributed by atoms with E-state index in [0.29, 0.717) is 39.0 Å². The Morgan fingerprint density at radius 2 is 1.97 bits per heavy atom. The molecule has 29 heavy (non-hydrogen) atoms. The lowest BCUT2D eigenvalue weighted by Crippen LogP contribution is -2.46. The van der Waals surface area contributed by atoms with Gasteiger partial charge in [-0.25, -0.2) is 0 Å². The van der Waals surface area contributed by atoms with Crippen LogP contribution in [0.2, 0.25) is 0 Å². The van der Waals surface area contributed by atoms with Crippen molar-refractivity contribution < 1.29 is 33.6 Å². The zero-order chi connectivity index (χ0) is 20.8. The predicted molar refractivity (Wildman–Crippen MR) is 104 cm³/mol. The minimum Gasteiger partial charge on any atom is -0.454 e. The molecule has 0 spiro atoms. The molecular weight excluding hydrogens is 378 g/mol. The molecule has 8 nitrogen and oxygen atoms in total. The van der Waals surface area contributed by atoms with Crippen LogP contribution in [0.25, 0.3) is 0 Å². The predicted octanol–water partition coefficient (Wildman–Crippen LogP) is 2.28. The molecule has 0 bridgehead atoms. The number of carbonyl (C=O) groups excluding carboxylic acids is 1. The number of benzene rings is 1. The van der Waals surface area contributed by atoms with Crippen molar-refractivity contribution in [1.29, 1.82) is 0 Å². The maximum absolute atomic E-state index is 12.2. The van der Waals surface area contributed by atoms with E-state index < -0.39 is 12.7 Å². The number of hydrogen-bond donors (Lipinski definition) is 1. The second-order valence-corrected chi connectivity index (χ2v) is 7.42. The lowest BCUT2D eigenvalue weighted by atomic mass is 10.0. The SMILES string of the molecule is CCN(C(O)OC(C)OC(=O)C1CCOCC1)[C@@H](C)Cc1ccc2c(c1)OCO2. The van der Waals surface area contributed by atoms with Crippen LogP contribution in [0.1, 0.15) is 39.2 Å². The van der Waals surface area contributed by atoms with Gasteiger partial charge in [0.1, 0.15) is 0 Å². The highest BCUT2D eigenvalue weighted by atomic mass is 16.7. The van der Waals surface area contributed by atoms with E-state index in [0.717, 1.165) is 17.1 Å². The molecule has 1 aromatic carbocycles. The van der Waals surface area contributed by atoms with Crippen molar-refractivity contribution in [3.8, 4) is 11.5 Å². The van der Waals surface area contributed by atoms with Gasteiger partial charge in [0, 0.05) is 25.8 Å². The molecule has 0 aromatic heterocycles. The molecule has 1 saturated heterocycles. The number of aliphatic hydroxyl groups excluding tert-OH is 1. The molecule has 2 aliphatic rings. The Hall–Kier alpha value is -1.87. The highest BCUT2D eigenvalue weighted by Gasteiger charge is 2.28. The van der Waals surface area contributed by atoms with Gasteiger partial charge in [-0.05, 0) is 50.8 Å². The molecule has 3 rings (SSSR count). The number of likely N-dealkylation sites (N-methyl/N-ethyl adjacent to an activating group) is 1. The Morgan fingerprint density at radius 3 is 2.69 bits per heavy atom. The molecule has 1 N–H and O–H groups in total. The first-order chi connectivity index (χ1) is 14.0. The molecule has 8 heteroatoms. The molecule has 2 heterocycles. The second-order valence-electron chi connectivity index (χ2n) is 7.42. The zero-order valence-corrected chi connectivity index (χ0v) is 17.3. The van der Waals surface area contributed by atoms with Crippen LogP contribution in [0, 0.1) is 5.92 Å². The minimum absolute atomic E-state index is 0.00577. The molecule has 0 aliphatic carbocycles. The van der Waals surface area contributed by atoms with Crippen LogP contribution >= 0.6 is 0 Å². The summed E-state index contributed by atoms with van der Waals surface area (Å²) in [6.07, 6.45) is -0.0152. The highest BCUT2D eigenvalue weighted by Crippen LogP contribution is 2.33. The topological polar surface area (TPSA) is 86.7 Å². The molecule has 3 atom stereocenters. The van der Waals surface area contributed by atoms with Gasteiger partial charge in [0.2, 0.25) is 19.5 Å². The van der Waals surface area contributed by atoms with E-state index in [-0.39, 0.29) is 24.7 Å². The van der Waals surface area contributed by atoms with Gasteiger partial charge in [0.25, 0.3) is 0 Å². The summed E-state index contributed by atoms with van der Waals surface area (Å²) in [4.78, 5) is 14.0. The number of carbonyl (C=O) groups is 1. The molecule has 2 aliphatic heterocycles. The summed E-state index contributed by atoms with van der Waals surface area (Å²) in [5, 5.41) is 10.6. The maximum atomic E-state index is 12.2. The molecule has 0 saturated carbocycles. The minimum atomic E-state index is -1.18. The summed E-state index contributed by atoms with van der Waals surface area (Å²) < 4.78 is 27.0. The van der Waals surface area contributed by atoms with Crippen molar-refractivity contribution >= 4 is 5.97 Å². The molecule has 162 valence electrons. The number of rotatable bonds is 9. The highest BCUT2D eigenvalue weighted by molar-refractivity contribution is 5.72. The summed E-state index contributed by atoms with van der Waals surface area (Å²) in [5.74, 6) is 1.02. The van der Waals surface area contributed by atoms with Crippen LogP contribution in [0.15, 0.2) is 18.2 Å². The van der Waals surface area contributed by atoms with Crippen LogP contribution in [-0.4, -0.2) is 61.3 Å². The quantitative estimate of drug-likeness (QED) is 0.491. The van der Waals surface area contributed by atoms with Crippen molar-refractivity contribution in [3.05, 3.63) is 23.8 Å². The first-order valence-corrected chi connectivity index (χ1v) is 10.2. The number of fused-ring (bicyclic) bond motifs is 1. The Kier molecular flexibility index (Phi) is 7.71. The van der Waals surface area contributed by atoms with Crippen molar-refractivity contribution in [2.24, 2.45) is 5.92 Å². The lowest BCUT2D eigenvalue weighted by Gasteiger charge is -2.33. The van der Waals surface area contributed by atoms with Crippen LogP contribution in [0.5, 0.6) is 11.5 Å². The van der Waals surface area contributed by atoms with E-state index in [4.69, 9.17) is 23.7 Å². The molecule has 2 unspecified atom stereocenters. The van der Waals surface area contributed by atoms with Crippen LogP contribution < -0.4 is 9.47 Å². The van der Waals surface area contributed by atoms with E-state index in [1.54, 1.807) is 6.92 Å². The fraction of sp³-hybridized carbons (Fsp3) is 0.667. The maximum Gasteiger partial charge on any atom is 0.311 e. The standard InChI is InChI=1S/C21H31NO7/c1-4-22(14(2)11-16-5-6-18-19(12-16)27-13-26-18)21(24)29-15(3)28-20(23)17-7-9-25-10-8-17/h5-6,12,14-15,17,21,24H,4,7-11,13H2,1-3H3/t14-,15?,21?/m0/s1. The Morgan fingerprint density at radius 1 is 1.24 bits per heavy atom.